The van der Waals surface area contributed by atoms with Gasteiger partial charge in [-0.2, -0.15) is 13.2 Å². The number of H-pyrrole nitrogens is 1. The minimum absolute atomic E-state index is 0.0247. The topological polar surface area (TPSA) is 109 Å². The van der Waals surface area contributed by atoms with Crippen LogP contribution < -0.4 is 21.9 Å². The fourth-order valence-corrected chi connectivity index (χ4v) is 3.79. The second-order valence-electron chi connectivity index (χ2n) is 7.83. The number of pyridine rings is 1. The zero-order valence-corrected chi connectivity index (χ0v) is 17.6. The molecule has 0 spiro atoms. The molecule has 0 saturated carbocycles. The van der Waals surface area contributed by atoms with Crippen LogP contribution in [-0.2, 0) is 6.18 Å². The van der Waals surface area contributed by atoms with Gasteiger partial charge in [0.05, 0.1) is 17.0 Å². The molecular weight excluding hydrogens is 421 g/mol. The van der Waals surface area contributed by atoms with Crippen LogP contribution in [0.4, 0.5) is 24.7 Å². The average Bonchev–Trinajstić information content (AvgIpc) is 2.72. The fourth-order valence-electron chi connectivity index (χ4n) is 3.79. The lowest BCUT2D eigenvalue weighted by Crippen LogP contribution is -2.23. The van der Waals surface area contributed by atoms with Crippen LogP contribution in [0.5, 0.6) is 0 Å². The summed E-state index contributed by atoms with van der Waals surface area (Å²) in [5.74, 6) is 0.836. The van der Waals surface area contributed by atoms with Crippen LogP contribution in [0.3, 0.4) is 0 Å². The van der Waals surface area contributed by atoms with Crippen molar-refractivity contribution in [3.63, 3.8) is 0 Å². The number of benzene rings is 1. The quantitative estimate of drug-likeness (QED) is 0.456. The average molecular weight is 444 g/mol. The van der Waals surface area contributed by atoms with Gasteiger partial charge in [-0.15, -0.1) is 0 Å². The molecule has 3 aromatic rings. The van der Waals surface area contributed by atoms with Crippen molar-refractivity contribution in [1.82, 2.24) is 20.3 Å². The number of nitrogens with one attached hydrogen (secondary N) is 3. The van der Waals surface area contributed by atoms with Crippen LogP contribution in [0.2, 0.25) is 0 Å². The molecule has 32 heavy (non-hydrogen) atoms. The molecule has 1 aliphatic rings. The summed E-state index contributed by atoms with van der Waals surface area (Å²) in [5.41, 5.74) is 6.88. The maximum absolute atomic E-state index is 13.2. The molecule has 7 nitrogen and oxygen atoms in total. The van der Waals surface area contributed by atoms with E-state index in [1.165, 1.54) is 6.07 Å². The Balaban J connectivity index is 1.76. The third kappa shape index (κ3) is 4.45. The van der Waals surface area contributed by atoms with E-state index in [1.807, 2.05) is 6.08 Å². The van der Waals surface area contributed by atoms with Crippen molar-refractivity contribution in [2.45, 2.75) is 32.5 Å². The second kappa shape index (κ2) is 8.27. The molecule has 2 aromatic heterocycles. The number of alkyl halides is 3. The van der Waals surface area contributed by atoms with E-state index in [-0.39, 0.29) is 11.2 Å². The Morgan fingerprint density at radius 2 is 1.97 bits per heavy atom. The van der Waals surface area contributed by atoms with Crippen molar-refractivity contribution in [1.29, 1.82) is 0 Å². The summed E-state index contributed by atoms with van der Waals surface area (Å²) in [4.78, 5) is 24.2. The Kier molecular flexibility index (Phi) is 5.64. The minimum Gasteiger partial charge on any atom is -0.399 e. The maximum Gasteiger partial charge on any atom is 0.416 e. The first-order valence-corrected chi connectivity index (χ1v) is 10.2. The Bertz CT molecular complexity index is 1260. The molecule has 0 fully saturated rings. The van der Waals surface area contributed by atoms with Gasteiger partial charge in [0.2, 0.25) is 0 Å². The number of nitrogens with two attached hydrogens (primary N) is 1. The molecule has 168 valence electrons. The van der Waals surface area contributed by atoms with Gasteiger partial charge in [-0.3, -0.25) is 4.79 Å². The fraction of sp³-hybridized carbons (Fsp3) is 0.318. The zero-order valence-electron chi connectivity index (χ0n) is 17.6. The van der Waals surface area contributed by atoms with Crippen molar-refractivity contribution in [2.75, 3.05) is 24.1 Å². The van der Waals surface area contributed by atoms with Gasteiger partial charge in [-0.1, -0.05) is 6.08 Å². The number of aromatic nitrogens is 3. The molecule has 0 radical (unpaired) electrons. The molecule has 5 N–H and O–H groups in total. The number of nitrogens with zero attached hydrogens (tertiary/aromatic N) is 2. The SMILES string of the molecule is Cc1nc(N[C@H](C)c2cc(N)cc(C(F)(F)F)c2)c2cc(C3=CCNCC3)c(=O)[nH]c2n1. The van der Waals surface area contributed by atoms with Gasteiger partial charge >= 0.3 is 6.18 Å². The molecule has 0 bridgehead atoms. The van der Waals surface area contributed by atoms with Crippen molar-refractivity contribution in [3.8, 4) is 0 Å². The lowest BCUT2D eigenvalue weighted by atomic mass is 10.0. The predicted octanol–water partition coefficient (Wildman–Crippen LogP) is 3.78. The first-order valence-electron chi connectivity index (χ1n) is 10.2. The Morgan fingerprint density at radius 3 is 2.66 bits per heavy atom. The van der Waals surface area contributed by atoms with Gasteiger partial charge in [0.1, 0.15) is 17.3 Å². The number of aromatic amines is 1. The van der Waals surface area contributed by atoms with Crippen LogP contribution in [0.15, 0.2) is 35.1 Å². The Hall–Kier alpha value is -3.40. The lowest BCUT2D eigenvalue weighted by Gasteiger charge is -2.19. The van der Waals surface area contributed by atoms with E-state index in [9.17, 15) is 18.0 Å². The largest absolute Gasteiger partial charge is 0.416 e. The van der Waals surface area contributed by atoms with Crippen LogP contribution in [0.1, 0.15) is 41.9 Å². The third-order valence-electron chi connectivity index (χ3n) is 5.39. The number of anilines is 2. The Labute approximate surface area is 182 Å². The predicted molar refractivity (Wildman–Crippen MR) is 118 cm³/mol. The van der Waals surface area contributed by atoms with E-state index in [0.29, 0.717) is 46.8 Å². The number of fused-ring (bicyclic) bond motifs is 1. The molecule has 0 aliphatic carbocycles. The van der Waals surface area contributed by atoms with Crippen LogP contribution in [0, 0.1) is 6.92 Å². The highest BCUT2D eigenvalue weighted by Gasteiger charge is 2.31. The highest BCUT2D eigenvalue weighted by Crippen LogP contribution is 2.34. The summed E-state index contributed by atoms with van der Waals surface area (Å²) in [5, 5.41) is 6.96. The first kappa shape index (κ1) is 21.8. The summed E-state index contributed by atoms with van der Waals surface area (Å²) in [7, 11) is 0. The summed E-state index contributed by atoms with van der Waals surface area (Å²) >= 11 is 0. The van der Waals surface area contributed by atoms with Crippen molar-refractivity contribution >= 4 is 28.1 Å². The van der Waals surface area contributed by atoms with Crippen LogP contribution in [-0.4, -0.2) is 28.0 Å². The van der Waals surface area contributed by atoms with Gasteiger partial charge in [-0.25, -0.2) is 9.97 Å². The van der Waals surface area contributed by atoms with Crippen molar-refractivity contribution in [2.24, 2.45) is 0 Å². The zero-order chi connectivity index (χ0) is 23.0. The second-order valence-corrected chi connectivity index (χ2v) is 7.83. The minimum atomic E-state index is -4.50. The third-order valence-corrected chi connectivity index (χ3v) is 5.39. The molecule has 3 heterocycles. The normalized spacial score (nSPS) is 15.5. The van der Waals surface area contributed by atoms with Gasteiger partial charge in [0.15, 0.2) is 0 Å². The van der Waals surface area contributed by atoms with Crippen molar-refractivity contribution < 1.29 is 13.2 Å². The number of hydrogen-bond donors (Lipinski definition) is 4. The monoisotopic (exact) mass is 444 g/mol. The standard InChI is InChI=1S/C22H23F3N6O/c1-11(14-7-15(22(23,24)25)9-16(26)8-14)28-19-18-10-17(13-3-5-27-6-4-13)21(32)31-20(18)30-12(2)29-19/h3,7-11,27H,4-6,26H2,1-2H3,(H2,28,29,30,31,32)/t11-/m1/s1. The van der Waals surface area contributed by atoms with Gasteiger partial charge in [0.25, 0.3) is 5.56 Å². The van der Waals surface area contributed by atoms with Gasteiger partial charge in [0, 0.05) is 17.8 Å². The van der Waals surface area contributed by atoms with Crippen molar-refractivity contribution in [3.05, 3.63) is 63.2 Å². The summed E-state index contributed by atoms with van der Waals surface area (Å²) in [6.45, 7) is 4.85. The molecule has 1 aliphatic heterocycles. The molecule has 0 unspecified atom stereocenters. The lowest BCUT2D eigenvalue weighted by molar-refractivity contribution is -0.137. The molecule has 1 atom stereocenters. The number of rotatable bonds is 4. The van der Waals surface area contributed by atoms with Crippen LogP contribution >= 0.6 is 0 Å². The van der Waals surface area contributed by atoms with E-state index in [0.717, 1.165) is 24.3 Å². The first-order chi connectivity index (χ1) is 15.1. The smallest absolute Gasteiger partial charge is 0.399 e. The molecule has 4 rings (SSSR count). The van der Waals surface area contributed by atoms with E-state index < -0.39 is 17.8 Å². The number of hydrogen-bond acceptors (Lipinski definition) is 6. The molecule has 0 amide bonds. The molecule has 10 heteroatoms. The summed E-state index contributed by atoms with van der Waals surface area (Å²) < 4.78 is 39.7. The van der Waals surface area contributed by atoms with E-state index >= 15 is 0 Å². The molecule has 0 saturated heterocycles. The van der Waals surface area contributed by atoms with E-state index in [1.54, 1.807) is 19.9 Å². The molecular formula is C22H23F3N6O. The van der Waals surface area contributed by atoms with Gasteiger partial charge < -0.3 is 21.4 Å². The maximum atomic E-state index is 13.2. The number of halogens is 3. The highest BCUT2D eigenvalue weighted by atomic mass is 19.4. The van der Waals surface area contributed by atoms with E-state index in [2.05, 4.69) is 25.6 Å². The number of nitrogen functional groups attached to an aromatic ring is 1. The van der Waals surface area contributed by atoms with Gasteiger partial charge in [-0.05, 0) is 62.2 Å². The van der Waals surface area contributed by atoms with E-state index in [4.69, 9.17) is 5.73 Å². The summed E-state index contributed by atoms with van der Waals surface area (Å²) in [6.07, 6.45) is -1.82. The van der Waals surface area contributed by atoms with Crippen LogP contribution in [0.25, 0.3) is 16.6 Å². The summed E-state index contributed by atoms with van der Waals surface area (Å²) in [6, 6.07) is 4.67. The number of aryl methyl sites for hydroxylation is 1. The molecule has 1 aromatic carbocycles. The Morgan fingerprint density at radius 1 is 1.19 bits per heavy atom. The highest BCUT2D eigenvalue weighted by molar-refractivity contribution is 5.89.